The van der Waals surface area contributed by atoms with Crippen molar-refractivity contribution in [3.63, 3.8) is 0 Å². The predicted octanol–water partition coefficient (Wildman–Crippen LogP) is 1.42. The molecule has 0 radical (unpaired) electrons. The van der Waals surface area contributed by atoms with Crippen LogP contribution < -0.4 is 9.46 Å². The van der Waals surface area contributed by atoms with E-state index in [9.17, 15) is 8.42 Å². The highest BCUT2D eigenvalue weighted by atomic mass is 32.2. The van der Waals surface area contributed by atoms with Crippen LogP contribution >= 0.6 is 0 Å². The van der Waals surface area contributed by atoms with Gasteiger partial charge in [0.05, 0.1) is 25.9 Å². The van der Waals surface area contributed by atoms with E-state index in [1.807, 2.05) is 36.4 Å². The van der Waals surface area contributed by atoms with Crippen molar-refractivity contribution in [2.75, 3.05) is 33.9 Å². The van der Waals surface area contributed by atoms with Crippen LogP contribution in [0.1, 0.15) is 18.4 Å². The fourth-order valence-corrected chi connectivity index (χ4v) is 4.68. The number of sulfonamides is 1. The van der Waals surface area contributed by atoms with Gasteiger partial charge in [-0.2, -0.15) is 5.06 Å². The Labute approximate surface area is 154 Å². The fourth-order valence-electron chi connectivity index (χ4n) is 3.17. The van der Waals surface area contributed by atoms with Crippen LogP contribution in [-0.4, -0.2) is 64.8 Å². The van der Waals surface area contributed by atoms with E-state index in [-0.39, 0.29) is 18.8 Å². The first-order chi connectivity index (χ1) is 12.5. The third kappa shape index (κ3) is 4.63. The van der Waals surface area contributed by atoms with Crippen LogP contribution in [-0.2, 0) is 19.6 Å². The van der Waals surface area contributed by atoms with Gasteiger partial charge in [-0.25, -0.2) is 13.1 Å². The maximum Gasteiger partial charge on any atom is 0.218 e. The van der Waals surface area contributed by atoms with E-state index in [0.717, 1.165) is 24.2 Å². The minimum Gasteiger partial charge on any atom is -0.497 e. The molecule has 3 unspecified atom stereocenters. The van der Waals surface area contributed by atoms with E-state index in [1.165, 1.54) is 0 Å². The minimum atomic E-state index is -3.51. The zero-order valence-electron chi connectivity index (χ0n) is 15.1. The van der Waals surface area contributed by atoms with Gasteiger partial charge in [0.1, 0.15) is 11.0 Å². The van der Waals surface area contributed by atoms with Gasteiger partial charge < -0.3 is 9.47 Å². The van der Waals surface area contributed by atoms with E-state index in [1.54, 1.807) is 19.2 Å². The number of likely N-dealkylation sites (N-methyl/N-ethyl adjacent to an activating group) is 1. The standard InChI is InChI=1S/C18H26N2O5S/c1-20-17(10-7-14-5-8-15(23-2)9-6-14)18(13-25-20)26(21,22)19-12-16-4-3-11-24-16/h5-10,16-19H,3-4,11-13H2,1-2H3/b10-7+. The molecule has 1 aromatic carbocycles. The van der Waals surface area contributed by atoms with Gasteiger partial charge in [-0.15, -0.1) is 0 Å². The zero-order valence-corrected chi connectivity index (χ0v) is 15.9. The second-order valence-corrected chi connectivity index (χ2v) is 8.52. The minimum absolute atomic E-state index is 0.0295. The van der Waals surface area contributed by atoms with E-state index >= 15 is 0 Å². The number of ether oxygens (including phenoxy) is 2. The SMILES string of the molecule is COc1ccc(/C=C/C2C(S(=O)(=O)NCC3CCCO3)CON2C)cc1. The van der Waals surface area contributed by atoms with Crippen LogP contribution in [0.3, 0.4) is 0 Å². The number of methoxy groups -OCH3 is 1. The van der Waals surface area contributed by atoms with Gasteiger partial charge in [-0.1, -0.05) is 24.3 Å². The quantitative estimate of drug-likeness (QED) is 0.769. The molecule has 2 saturated heterocycles. The second kappa shape index (κ2) is 8.49. The molecule has 0 spiro atoms. The van der Waals surface area contributed by atoms with Gasteiger partial charge in [-0.05, 0) is 30.5 Å². The molecular weight excluding hydrogens is 356 g/mol. The molecule has 144 valence electrons. The van der Waals surface area contributed by atoms with Crippen molar-refractivity contribution >= 4 is 16.1 Å². The van der Waals surface area contributed by atoms with Gasteiger partial charge >= 0.3 is 0 Å². The molecule has 2 aliphatic rings. The van der Waals surface area contributed by atoms with Crippen molar-refractivity contribution in [3.05, 3.63) is 35.9 Å². The zero-order chi connectivity index (χ0) is 18.6. The Kier molecular flexibility index (Phi) is 6.31. The fraction of sp³-hybridized carbons (Fsp3) is 0.556. The Hall–Kier alpha value is -1.45. The lowest BCUT2D eigenvalue weighted by atomic mass is 10.1. The summed E-state index contributed by atoms with van der Waals surface area (Å²) in [6.45, 7) is 1.15. The number of benzene rings is 1. The second-order valence-electron chi connectivity index (χ2n) is 6.53. The van der Waals surface area contributed by atoms with Crippen LogP contribution in [0.5, 0.6) is 5.75 Å². The third-order valence-corrected chi connectivity index (χ3v) is 6.56. The van der Waals surface area contributed by atoms with E-state index in [4.69, 9.17) is 14.3 Å². The molecular formula is C18H26N2O5S. The molecule has 2 heterocycles. The summed E-state index contributed by atoms with van der Waals surface area (Å²) in [5.74, 6) is 0.780. The average molecular weight is 382 g/mol. The molecule has 2 fully saturated rings. The Morgan fingerprint density at radius 1 is 1.35 bits per heavy atom. The lowest BCUT2D eigenvalue weighted by molar-refractivity contribution is -0.100. The highest BCUT2D eigenvalue weighted by Gasteiger charge is 2.41. The molecule has 3 atom stereocenters. The molecule has 1 aromatic rings. The molecule has 0 saturated carbocycles. The maximum absolute atomic E-state index is 12.7. The summed E-state index contributed by atoms with van der Waals surface area (Å²) in [6.07, 6.45) is 5.61. The molecule has 0 amide bonds. The highest BCUT2D eigenvalue weighted by Crippen LogP contribution is 2.22. The molecule has 2 aliphatic heterocycles. The summed E-state index contributed by atoms with van der Waals surface area (Å²) >= 11 is 0. The van der Waals surface area contributed by atoms with E-state index < -0.39 is 15.3 Å². The number of rotatable bonds is 7. The topological polar surface area (TPSA) is 77.1 Å². The van der Waals surface area contributed by atoms with Crippen LogP contribution in [0.15, 0.2) is 30.3 Å². The summed E-state index contributed by atoms with van der Waals surface area (Å²) in [6, 6.07) is 7.21. The normalized spacial score (nSPS) is 27.4. The lowest BCUT2D eigenvalue weighted by Crippen LogP contribution is -2.44. The Morgan fingerprint density at radius 2 is 2.12 bits per heavy atom. The van der Waals surface area contributed by atoms with E-state index in [2.05, 4.69) is 4.72 Å². The number of hydroxylamine groups is 2. The molecule has 1 N–H and O–H groups in total. The monoisotopic (exact) mass is 382 g/mol. The Bertz CT molecular complexity index is 714. The largest absolute Gasteiger partial charge is 0.497 e. The van der Waals surface area contributed by atoms with Crippen molar-refractivity contribution in [3.8, 4) is 5.75 Å². The molecule has 7 nitrogen and oxygen atoms in total. The number of nitrogens with zero attached hydrogens (tertiary/aromatic N) is 1. The summed E-state index contributed by atoms with van der Waals surface area (Å²) in [7, 11) is -0.144. The predicted molar refractivity (Wildman–Crippen MR) is 99.2 cm³/mol. The van der Waals surface area contributed by atoms with Crippen molar-refractivity contribution in [2.45, 2.75) is 30.2 Å². The van der Waals surface area contributed by atoms with Gasteiger partial charge in [0.25, 0.3) is 0 Å². The van der Waals surface area contributed by atoms with Crippen LogP contribution in [0, 0.1) is 0 Å². The molecule has 26 heavy (non-hydrogen) atoms. The van der Waals surface area contributed by atoms with E-state index in [0.29, 0.717) is 13.2 Å². The molecule has 0 bridgehead atoms. The molecule has 3 rings (SSSR count). The summed E-state index contributed by atoms with van der Waals surface area (Å²) in [5, 5.41) is 0.930. The highest BCUT2D eigenvalue weighted by molar-refractivity contribution is 7.90. The van der Waals surface area contributed by atoms with Crippen molar-refractivity contribution < 1.29 is 22.7 Å². The average Bonchev–Trinajstić information content (AvgIpc) is 3.29. The van der Waals surface area contributed by atoms with Crippen LogP contribution in [0.2, 0.25) is 0 Å². The van der Waals surface area contributed by atoms with Crippen molar-refractivity contribution in [2.24, 2.45) is 0 Å². The molecule has 8 heteroatoms. The van der Waals surface area contributed by atoms with Gasteiger partial charge in [0.2, 0.25) is 10.0 Å². The number of hydrogen-bond donors (Lipinski definition) is 1. The summed E-state index contributed by atoms with van der Waals surface area (Å²) in [4.78, 5) is 5.47. The molecule has 0 aliphatic carbocycles. The Morgan fingerprint density at radius 3 is 2.77 bits per heavy atom. The van der Waals surface area contributed by atoms with Gasteiger partial charge in [0.15, 0.2) is 0 Å². The summed E-state index contributed by atoms with van der Waals surface area (Å²) in [5.41, 5.74) is 0.967. The van der Waals surface area contributed by atoms with Gasteiger partial charge in [0, 0.05) is 20.2 Å². The first-order valence-corrected chi connectivity index (χ1v) is 10.3. The number of nitrogens with one attached hydrogen (secondary N) is 1. The summed E-state index contributed by atoms with van der Waals surface area (Å²) < 4.78 is 38.8. The maximum atomic E-state index is 12.7. The van der Waals surface area contributed by atoms with Crippen LogP contribution in [0.25, 0.3) is 6.08 Å². The van der Waals surface area contributed by atoms with Crippen LogP contribution in [0.4, 0.5) is 0 Å². The van der Waals surface area contributed by atoms with Gasteiger partial charge in [-0.3, -0.25) is 4.84 Å². The molecule has 0 aromatic heterocycles. The number of hydrogen-bond acceptors (Lipinski definition) is 6. The van der Waals surface area contributed by atoms with Crippen molar-refractivity contribution in [1.29, 1.82) is 0 Å². The van der Waals surface area contributed by atoms with Crippen molar-refractivity contribution in [1.82, 2.24) is 9.79 Å². The third-order valence-electron chi connectivity index (χ3n) is 4.78. The lowest BCUT2D eigenvalue weighted by Gasteiger charge is -2.20. The Balaban J connectivity index is 1.66. The first-order valence-electron chi connectivity index (χ1n) is 8.77. The first kappa shape index (κ1) is 19.3. The smallest absolute Gasteiger partial charge is 0.218 e.